The van der Waals surface area contributed by atoms with Gasteiger partial charge in [-0.2, -0.15) is 0 Å². The van der Waals surface area contributed by atoms with Crippen LogP contribution in [0.15, 0.2) is 0 Å². The fourth-order valence-corrected chi connectivity index (χ4v) is 2.24. The van der Waals surface area contributed by atoms with Gasteiger partial charge in [-0.3, -0.25) is 10.1 Å². The van der Waals surface area contributed by atoms with Crippen molar-refractivity contribution in [3.8, 4) is 0 Å². The van der Waals surface area contributed by atoms with Crippen molar-refractivity contribution in [3.05, 3.63) is 0 Å². The van der Waals surface area contributed by atoms with Crippen molar-refractivity contribution in [2.24, 2.45) is 0 Å². The average molecular weight is 232 g/mol. The highest BCUT2D eigenvalue weighted by atomic mass is 31.1. The number of nitrogens with one attached hydrogen (secondary N) is 4. The van der Waals surface area contributed by atoms with Crippen molar-refractivity contribution in [2.45, 2.75) is 11.4 Å². The number of carbonyl (C=O) groups is 3. The van der Waals surface area contributed by atoms with Gasteiger partial charge >= 0.3 is 19.7 Å². The summed E-state index contributed by atoms with van der Waals surface area (Å²) in [6.45, 7) is 0. The first-order chi connectivity index (χ1) is 6.95. The van der Waals surface area contributed by atoms with Gasteiger partial charge < -0.3 is 16.0 Å². The Hall–Kier alpha value is -1.89. The lowest BCUT2D eigenvalue weighted by atomic mass is 10.2. The average Bonchev–Trinajstić information content (AvgIpc) is 2.43. The van der Waals surface area contributed by atoms with Crippen LogP contribution in [0.1, 0.15) is 0 Å². The molecule has 2 heterocycles. The van der Waals surface area contributed by atoms with Gasteiger partial charge in [0.05, 0.1) is 0 Å². The Morgan fingerprint density at radius 1 is 1.07 bits per heavy atom. The van der Waals surface area contributed by atoms with Gasteiger partial charge in [0.25, 0.3) is 11.3 Å². The van der Waals surface area contributed by atoms with Crippen molar-refractivity contribution in [1.29, 1.82) is 0 Å². The molecular formula is C5H5N4O5P. The van der Waals surface area contributed by atoms with E-state index in [2.05, 4.69) is 5.32 Å². The minimum atomic E-state index is -3.25. The highest BCUT2D eigenvalue weighted by Crippen LogP contribution is 2.32. The summed E-state index contributed by atoms with van der Waals surface area (Å²) < 4.78 is 22.0. The molecule has 9 nitrogen and oxygen atoms in total. The van der Waals surface area contributed by atoms with Crippen molar-refractivity contribution >= 4 is 25.6 Å². The summed E-state index contributed by atoms with van der Waals surface area (Å²) in [6, 6.07) is -3.17. The molecule has 2 atom stereocenters. The van der Waals surface area contributed by atoms with Crippen molar-refractivity contribution in [1.82, 2.24) is 21.3 Å². The van der Waals surface area contributed by atoms with Crippen molar-refractivity contribution in [2.75, 3.05) is 0 Å². The van der Waals surface area contributed by atoms with E-state index in [1.165, 1.54) is 0 Å². The van der Waals surface area contributed by atoms with E-state index < -0.39 is 37.1 Å². The molecule has 4 N–H and O–H groups in total. The van der Waals surface area contributed by atoms with E-state index >= 15 is 0 Å². The van der Waals surface area contributed by atoms with Gasteiger partial charge in [0.15, 0.2) is 6.04 Å². The van der Waals surface area contributed by atoms with E-state index in [-0.39, 0.29) is 0 Å². The molecule has 0 bridgehead atoms. The predicted octanol–water partition coefficient (Wildman–Crippen LogP) is -1.67. The van der Waals surface area contributed by atoms with Crippen LogP contribution in [0.3, 0.4) is 0 Å². The number of amides is 5. The molecule has 80 valence electrons. The molecule has 2 unspecified atom stereocenters. The zero-order chi connectivity index (χ0) is 11.2. The van der Waals surface area contributed by atoms with Crippen LogP contribution in [-0.2, 0) is 13.9 Å². The van der Waals surface area contributed by atoms with Crippen LogP contribution < -0.4 is 21.3 Å². The zero-order valence-electron chi connectivity index (χ0n) is 7.07. The van der Waals surface area contributed by atoms with E-state index in [0.717, 1.165) is 0 Å². The molecule has 2 aliphatic rings. The quantitative estimate of drug-likeness (QED) is 0.401. The van der Waals surface area contributed by atoms with Gasteiger partial charge in [0.1, 0.15) is 0 Å². The van der Waals surface area contributed by atoms with E-state index in [9.17, 15) is 23.5 Å². The molecular weight excluding hydrogens is 227 g/mol. The maximum Gasteiger partial charge on any atom is 0.366 e. The van der Waals surface area contributed by atoms with Crippen LogP contribution in [0.4, 0.5) is 9.59 Å². The number of imide groups is 1. The second-order valence-corrected chi connectivity index (χ2v) is 4.22. The number of fused-ring (bicyclic) bond motifs is 1. The molecule has 0 radical (unpaired) electrons. The first kappa shape index (κ1) is 9.66. The maximum atomic E-state index is 11.2. The third-order valence-corrected chi connectivity index (χ3v) is 3.15. The van der Waals surface area contributed by atoms with E-state index in [0.29, 0.717) is 0 Å². The molecule has 2 rings (SSSR count). The summed E-state index contributed by atoms with van der Waals surface area (Å²) in [6.07, 6.45) is 0. The standard InChI is InChI=1S/C5H5N4O5P/c10-2-1-5(15(13)14,8-3(11)6-1)9-4(12)7-2/h1H,(H2,6,8,11)(H2,7,9,10,12). The number of hydrogen-bond donors (Lipinski definition) is 4. The Balaban J connectivity index is 2.50. The monoisotopic (exact) mass is 232 g/mol. The van der Waals surface area contributed by atoms with E-state index in [1.54, 1.807) is 0 Å². The Labute approximate surface area is 82.8 Å². The molecule has 0 saturated carbocycles. The molecule has 2 aliphatic heterocycles. The van der Waals surface area contributed by atoms with E-state index in [4.69, 9.17) is 0 Å². The molecule has 2 fully saturated rings. The molecule has 0 aromatic rings. The minimum Gasteiger partial charge on any atom is -0.321 e. The topological polar surface area (TPSA) is 133 Å². The van der Waals surface area contributed by atoms with Crippen LogP contribution in [0.2, 0.25) is 0 Å². The fraction of sp³-hybridized carbons (Fsp3) is 0.400. The summed E-state index contributed by atoms with van der Waals surface area (Å²) in [5.41, 5.74) is 0. The van der Waals surface area contributed by atoms with Gasteiger partial charge in [-0.1, -0.05) is 0 Å². The van der Waals surface area contributed by atoms with Crippen molar-refractivity contribution in [3.63, 3.8) is 0 Å². The third-order valence-electron chi connectivity index (χ3n) is 2.09. The molecule has 0 aromatic carbocycles. The highest BCUT2D eigenvalue weighted by molar-refractivity contribution is 7.33. The van der Waals surface area contributed by atoms with Crippen LogP contribution in [-0.4, -0.2) is 29.4 Å². The van der Waals surface area contributed by atoms with Crippen LogP contribution in [0, 0.1) is 0 Å². The summed E-state index contributed by atoms with van der Waals surface area (Å²) in [4.78, 5) is 33.1. The Bertz CT molecular complexity index is 437. The molecule has 0 aliphatic carbocycles. The molecule has 5 amide bonds. The second-order valence-electron chi connectivity index (χ2n) is 3.00. The normalized spacial score (nSPS) is 33.3. The summed E-state index contributed by atoms with van der Waals surface area (Å²) >= 11 is 0. The summed E-state index contributed by atoms with van der Waals surface area (Å²) in [5.74, 6) is -0.878. The van der Waals surface area contributed by atoms with Gasteiger partial charge in [0.2, 0.25) is 0 Å². The minimum absolute atomic E-state index is 0.837. The Morgan fingerprint density at radius 3 is 2.27 bits per heavy atom. The van der Waals surface area contributed by atoms with Crippen LogP contribution in [0.25, 0.3) is 0 Å². The number of carbonyl (C=O) groups excluding carboxylic acids is 3. The third kappa shape index (κ3) is 1.20. The lowest BCUT2D eigenvalue weighted by molar-refractivity contribution is -0.123. The Kier molecular flexibility index (Phi) is 1.80. The molecule has 2 saturated heterocycles. The largest absolute Gasteiger partial charge is 0.366 e. The zero-order valence-corrected chi connectivity index (χ0v) is 7.96. The van der Waals surface area contributed by atoms with Crippen LogP contribution >= 0.6 is 7.68 Å². The Morgan fingerprint density at radius 2 is 1.67 bits per heavy atom. The second kappa shape index (κ2) is 2.80. The first-order valence-corrected chi connectivity index (χ1v) is 4.99. The smallest absolute Gasteiger partial charge is 0.321 e. The van der Waals surface area contributed by atoms with Crippen molar-refractivity contribution < 1.29 is 23.5 Å². The molecule has 15 heavy (non-hydrogen) atoms. The number of urea groups is 2. The summed E-state index contributed by atoms with van der Waals surface area (Å²) in [5, 5.41) is 5.84. The van der Waals surface area contributed by atoms with E-state index in [1.807, 2.05) is 16.0 Å². The number of hydrogen-bond acceptors (Lipinski definition) is 5. The SMILES string of the molecule is O=C1NC(=O)C2NC(=O)NC2(P(=O)=O)N1. The van der Waals surface area contributed by atoms with Gasteiger partial charge in [-0.25, -0.2) is 18.7 Å². The highest BCUT2D eigenvalue weighted by Gasteiger charge is 2.59. The maximum absolute atomic E-state index is 11.2. The lowest BCUT2D eigenvalue weighted by Gasteiger charge is -2.30. The van der Waals surface area contributed by atoms with Gasteiger partial charge in [0, 0.05) is 0 Å². The van der Waals surface area contributed by atoms with Gasteiger partial charge in [-0.15, -0.1) is 0 Å². The molecule has 10 heteroatoms. The lowest BCUT2D eigenvalue weighted by Crippen LogP contribution is -2.70. The molecule has 0 spiro atoms. The molecule has 0 aromatic heterocycles. The fourth-order valence-electron chi connectivity index (χ4n) is 1.46. The summed E-state index contributed by atoms with van der Waals surface area (Å²) in [7, 11) is -3.25. The van der Waals surface area contributed by atoms with Crippen LogP contribution in [0.5, 0.6) is 0 Å². The number of rotatable bonds is 1. The first-order valence-electron chi connectivity index (χ1n) is 3.82. The predicted molar refractivity (Wildman–Crippen MR) is 43.2 cm³/mol. The van der Waals surface area contributed by atoms with Gasteiger partial charge in [-0.05, 0) is 0 Å².